The summed E-state index contributed by atoms with van der Waals surface area (Å²) in [5, 5.41) is 29.1. The number of hydrogen-bond acceptors (Lipinski definition) is 4. The highest BCUT2D eigenvalue weighted by atomic mass is 16.4. The van der Waals surface area contributed by atoms with Gasteiger partial charge in [0.15, 0.2) is 0 Å². The average Bonchev–Trinajstić information content (AvgIpc) is 2.28. The monoisotopic (exact) mass is 249 g/mol. The van der Waals surface area contributed by atoms with E-state index in [1.165, 1.54) is 6.07 Å². The van der Waals surface area contributed by atoms with Crippen molar-refractivity contribution >= 4 is 17.6 Å². The van der Waals surface area contributed by atoms with Crippen LogP contribution in [0.1, 0.15) is 10.4 Å². The second-order valence-corrected chi connectivity index (χ2v) is 3.35. The van der Waals surface area contributed by atoms with E-state index in [2.05, 4.69) is 11.9 Å². The van der Waals surface area contributed by atoms with Gasteiger partial charge in [0.25, 0.3) is 0 Å². The molecule has 1 aromatic carbocycles. The molecule has 6 heteroatoms. The van der Waals surface area contributed by atoms with Crippen molar-refractivity contribution in [3.05, 3.63) is 48.3 Å². The van der Waals surface area contributed by atoms with Crippen molar-refractivity contribution in [2.24, 2.45) is 0 Å². The molecule has 6 nitrogen and oxygen atoms in total. The summed E-state index contributed by atoms with van der Waals surface area (Å²) in [5.74, 6) is -2.53. The minimum atomic E-state index is -1.30. The van der Waals surface area contributed by atoms with Crippen molar-refractivity contribution < 1.29 is 24.9 Å². The second-order valence-electron chi connectivity index (χ2n) is 3.35. The van der Waals surface area contributed by atoms with Crippen molar-refractivity contribution in [3.63, 3.8) is 0 Å². The van der Waals surface area contributed by atoms with Gasteiger partial charge in [0, 0.05) is 11.8 Å². The van der Waals surface area contributed by atoms with Crippen molar-refractivity contribution in [1.29, 1.82) is 0 Å². The molecule has 0 saturated carbocycles. The third-order valence-corrected chi connectivity index (χ3v) is 1.92. The van der Waals surface area contributed by atoms with Gasteiger partial charge in [-0.3, -0.25) is 4.79 Å². The zero-order valence-corrected chi connectivity index (χ0v) is 9.25. The Morgan fingerprint density at radius 3 is 2.44 bits per heavy atom. The number of carboxylic acids is 1. The minimum absolute atomic E-state index is 0.211. The lowest BCUT2D eigenvalue weighted by molar-refractivity contribution is -0.111. The zero-order chi connectivity index (χ0) is 13.7. The molecule has 0 bridgehead atoms. The molecule has 1 rings (SSSR count). The Labute approximate surface area is 102 Å². The number of rotatable bonds is 4. The predicted molar refractivity (Wildman–Crippen MR) is 64.6 cm³/mol. The van der Waals surface area contributed by atoms with Crippen LogP contribution in [0.25, 0.3) is 0 Å². The van der Waals surface area contributed by atoms with Crippen LogP contribution in [0.3, 0.4) is 0 Å². The maximum absolute atomic E-state index is 11.3. The molecule has 0 aliphatic rings. The first kappa shape index (κ1) is 13.3. The highest BCUT2D eigenvalue weighted by molar-refractivity contribution is 6.00. The fraction of sp³-hybridized carbons (Fsp3) is 0. The Hall–Kier alpha value is -2.76. The first-order valence-corrected chi connectivity index (χ1v) is 4.83. The third kappa shape index (κ3) is 3.67. The van der Waals surface area contributed by atoms with E-state index in [0.717, 1.165) is 24.3 Å². The second kappa shape index (κ2) is 5.53. The van der Waals surface area contributed by atoms with Gasteiger partial charge < -0.3 is 20.6 Å². The lowest BCUT2D eigenvalue weighted by Crippen LogP contribution is -2.09. The summed E-state index contributed by atoms with van der Waals surface area (Å²) in [6.45, 7) is 3.16. The number of nitrogens with one attached hydrogen (secondary N) is 1. The molecular formula is C12H11NO5. The SMILES string of the molecule is C=C(O)/C=C\C(=O)Nc1ccc(O)c(C(=O)O)c1. The zero-order valence-electron chi connectivity index (χ0n) is 9.25. The van der Waals surface area contributed by atoms with Crippen LogP contribution in [0.15, 0.2) is 42.7 Å². The molecule has 1 amide bonds. The smallest absolute Gasteiger partial charge is 0.339 e. The Morgan fingerprint density at radius 1 is 1.22 bits per heavy atom. The Kier molecular flexibility index (Phi) is 4.09. The van der Waals surface area contributed by atoms with E-state index in [1.54, 1.807) is 0 Å². The molecule has 0 aliphatic carbocycles. The fourth-order valence-corrected chi connectivity index (χ4v) is 1.14. The van der Waals surface area contributed by atoms with Gasteiger partial charge in [-0.15, -0.1) is 0 Å². The summed E-state index contributed by atoms with van der Waals surface area (Å²) in [6.07, 6.45) is 2.13. The molecule has 0 spiro atoms. The van der Waals surface area contributed by atoms with Gasteiger partial charge in [0.1, 0.15) is 17.1 Å². The predicted octanol–water partition coefficient (Wildman–Crippen LogP) is 1.66. The summed E-state index contributed by atoms with van der Waals surface area (Å²) in [5.41, 5.74) is -0.105. The van der Waals surface area contributed by atoms with Crippen LogP contribution in [0.2, 0.25) is 0 Å². The molecule has 0 aliphatic heterocycles. The van der Waals surface area contributed by atoms with E-state index < -0.39 is 11.9 Å². The number of carbonyl (C=O) groups is 2. The van der Waals surface area contributed by atoms with Crippen LogP contribution in [-0.4, -0.2) is 27.2 Å². The molecular weight excluding hydrogens is 238 g/mol. The van der Waals surface area contributed by atoms with Gasteiger partial charge in [-0.25, -0.2) is 4.79 Å². The van der Waals surface area contributed by atoms with Gasteiger partial charge in [-0.2, -0.15) is 0 Å². The number of carboxylic acid groups (broad SMARTS) is 1. The highest BCUT2D eigenvalue weighted by Gasteiger charge is 2.10. The Balaban J connectivity index is 2.86. The molecule has 94 valence electrons. The van der Waals surface area contributed by atoms with Crippen LogP contribution < -0.4 is 5.32 Å². The molecule has 0 aromatic heterocycles. The number of aromatic carboxylic acids is 1. The number of carbonyl (C=O) groups excluding carboxylic acids is 1. The number of benzene rings is 1. The first-order valence-electron chi connectivity index (χ1n) is 4.83. The van der Waals surface area contributed by atoms with Crippen molar-refractivity contribution in [2.75, 3.05) is 5.32 Å². The van der Waals surface area contributed by atoms with Crippen molar-refractivity contribution in [3.8, 4) is 5.75 Å². The summed E-state index contributed by atoms with van der Waals surface area (Å²) in [6, 6.07) is 3.63. The van der Waals surface area contributed by atoms with E-state index in [4.69, 9.17) is 10.2 Å². The van der Waals surface area contributed by atoms with E-state index in [9.17, 15) is 14.7 Å². The van der Waals surface area contributed by atoms with Gasteiger partial charge in [0.05, 0.1) is 0 Å². The summed E-state index contributed by atoms with van der Waals surface area (Å²) < 4.78 is 0. The van der Waals surface area contributed by atoms with E-state index in [1.807, 2.05) is 0 Å². The lowest BCUT2D eigenvalue weighted by Gasteiger charge is -2.05. The van der Waals surface area contributed by atoms with Gasteiger partial charge in [-0.05, 0) is 24.3 Å². The minimum Gasteiger partial charge on any atom is -0.509 e. The maximum Gasteiger partial charge on any atom is 0.339 e. The van der Waals surface area contributed by atoms with Gasteiger partial charge in [-0.1, -0.05) is 6.58 Å². The number of aliphatic hydroxyl groups is 1. The molecule has 1 aromatic rings. The molecule has 0 fully saturated rings. The Bertz CT molecular complexity index is 533. The number of amides is 1. The fourth-order valence-electron chi connectivity index (χ4n) is 1.14. The molecule has 0 atom stereocenters. The van der Waals surface area contributed by atoms with Crippen LogP contribution >= 0.6 is 0 Å². The molecule has 4 N–H and O–H groups in total. The lowest BCUT2D eigenvalue weighted by atomic mass is 10.2. The number of phenols is 1. The number of aromatic hydroxyl groups is 1. The first-order chi connectivity index (χ1) is 8.40. The number of hydrogen-bond donors (Lipinski definition) is 4. The number of anilines is 1. The van der Waals surface area contributed by atoms with Gasteiger partial charge >= 0.3 is 5.97 Å². The van der Waals surface area contributed by atoms with E-state index in [-0.39, 0.29) is 22.8 Å². The largest absolute Gasteiger partial charge is 0.509 e. The molecule has 18 heavy (non-hydrogen) atoms. The van der Waals surface area contributed by atoms with E-state index >= 15 is 0 Å². The van der Waals surface area contributed by atoms with Crippen LogP contribution in [0, 0.1) is 0 Å². The number of allylic oxidation sites excluding steroid dienone is 1. The quantitative estimate of drug-likeness (QED) is 0.281. The van der Waals surface area contributed by atoms with Crippen LogP contribution in [0.4, 0.5) is 5.69 Å². The Morgan fingerprint density at radius 2 is 1.89 bits per heavy atom. The average molecular weight is 249 g/mol. The van der Waals surface area contributed by atoms with E-state index in [0.29, 0.717) is 0 Å². The summed E-state index contributed by atoms with van der Waals surface area (Å²) >= 11 is 0. The standard InChI is InChI=1S/C12H11NO5/c1-7(14)2-5-11(16)13-8-3-4-10(15)9(6-8)12(17)18/h2-6,14-15H,1H2,(H,13,16)(H,17,18)/b5-2-. The number of aliphatic hydroxyl groups excluding tert-OH is 1. The van der Waals surface area contributed by atoms with Gasteiger partial charge in [0.2, 0.25) is 5.91 Å². The molecule has 0 radical (unpaired) electrons. The maximum atomic E-state index is 11.3. The highest BCUT2D eigenvalue weighted by Crippen LogP contribution is 2.21. The molecule has 0 heterocycles. The van der Waals surface area contributed by atoms with Crippen molar-refractivity contribution in [2.45, 2.75) is 0 Å². The summed E-state index contributed by atoms with van der Waals surface area (Å²) in [4.78, 5) is 22.1. The van der Waals surface area contributed by atoms with Crippen LogP contribution in [0.5, 0.6) is 5.75 Å². The third-order valence-electron chi connectivity index (χ3n) is 1.92. The van der Waals surface area contributed by atoms with Crippen LogP contribution in [-0.2, 0) is 4.79 Å². The summed E-state index contributed by atoms with van der Waals surface area (Å²) in [7, 11) is 0. The molecule has 0 unspecified atom stereocenters. The molecule has 0 saturated heterocycles. The normalized spacial score (nSPS) is 10.2. The topological polar surface area (TPSA) is 107 Å². The van der Waals surface area contributed by atoms with Crippen molar-refractivity contribution in [1.82, 2.24) is 0 Å².